The number of likely N-dealkylation sites (tertiary alicyclic amines) is 1. The second-order valence-electron chi connectivity index (χ2n) is 6.77. The standard InChI is InChI=1S/C17H24F2N2O.ClH/c1-17(2,20)16(22)21-9-3-4-13(11-21)6-5-12-7-8-14(18)15(19)10-12;/h7-8,10,13H,3-6,9,11,20H2,1-2H3;1H. The molecule has 1 amide bonds. The van der Waals surface area contributed by atoms with Crippen LogP contribution in [0.2, 0.25) is 0 Å². The number of carbonyl (C=O) groups excluding carboxylic acids is 1. The van der Waals surface area contributed by atoms with Gasteiger partial charge in [-0.2, -0.15) is 0 Å². The van der Waals surface area contributed by atoms with Gasteiger partial charge in [-0.05, 0) is 63.1 Å². The molecule has 0 aromatic heterocycles. The van der Waals surface area contributed by atoms with Gasteiger partial charge in [0.1, 0.15) is 0 Å². The Morgan fingerprint density at radius 3 is 2.65 bits per heavy atom. The molecule has 130 valence electrons. The maximum absolute atomic E-state index is 13.2. The van der Waals surface area contributed by atoms with Crippen molar-refractivity contribution in [1.82, 2.24) is 4.90 Å². The van der Waals surface area contributed by atoms with Gasteiger partial charge in [0.15, 0.2) is 11.6 Å². The van der Waals surface area contributed by atoms with Crippen LogP contribution in [-0.2, 0) is 11.2 Å². The van der Waals surface area contributed by atoms with Gasteiger partial charge in [-0.25, -0.2) is 8.78 Å². The largest absolute Gasteiger partial charge is 0.341 e. The van der Waals surface area contributed by atoms with E-state index in [0.29, 0.717) is 18.9 Å². The summed E-state index contributed by atoms with van der Waals surface area (Å²) in [6.45, 7) is 4.89. The topological polar surface area (TPSA) is 46.3 Å². The Hall–Kier alpha value is -1.20. The predicted octanol–water partition coefficient (Wildman–Crippen LogP) is 3.30. The number of benzene rings is 1. The van der Waals surface area contributed by atoms with Crippen molar-refractivity contribution in [2.75, 3.05) is 13.1 Å². The highest BCUT2D eigenvalue weighted by molar-refractivity contribution is 5.85. The molecular formula is C17H25ClF2N2O. The number of hydrogen-bond acceptors (Lipinski definition) is 2. The lowest BCUT2D eigenvalue weighted by Gasteiger charge is -2.36. The number of hydrogen-bond donors (Lipinski definition) is 1. The minimum absolute atomic E-state index is 0. The Bertz CT molecular complexity index is 546. The monoisotopic (exact) mass is 346 g/mol. The van der Waals surface area contributed by atoms with Crippen LogP contribution < -0.4 is 5.73 Å². The van der Waals surface area contributed by atoms with E-state index in [2.05, 4.69) is 0 Å². The summed E-state index contributed by atoms with van der Waals surface area (Å²) in [6, 6.07) is 4.04. The van der Waals surface area contributed by atoms with Crippen molar-refractivity contribution in [1.29, 1.82) is 0 Å². The van der Waals surface area contributed by atoms with Crippen molar-refractivity contribution >= 4 is 18.3 Å². The summed E-state index contributed by atoms with van der Waals surface area (Å²) in [4.78, 5) is 14.1. The van der Waals surface area contributed by atoms with Crippen molar-refractivity contribution in [2.45, 2.75) is 45.1 Å². The van der Waals surface area contributed by atoms with Gasteiger partial charge < -0.3 is 10.6 Å². The summed E-state index contributed by atoms with van der Waals surface area (Å²) in [5.41, 5.74) is 5.83. The molecule has 1 heterocycles. The minimum Gasteiger partial charge on any atom is -0.341 e. The molecule has 2 rings (SSSR count). The van der Waals surface area contributed by atoms with Gasteiger partial charge in [-0.15, -0.1) is 12.4 Å². The lowest BCUT2D eigenvalue weighted by molar-refractivity contribution is -0.137. The van der Waals surface area contributed by atoms with Crippen LogP contribution in [0.3, 0.4) is 0 Å². The number of piperidine rings is 1. The fourth-order valence-corrected chi connectivity index (χ4v) is 2.96. The molecule has 0 aliphatic carbocycles. The third kappa shape index (κ3) is 5.43. The molecule has 1 unspecified atom stereocenters. The summed E-state index contributed by atoms with van der Waals surface area (Å²) < 4.78 is 26.1. The van der Waals surface area contributed by atoms with E-state index in [9.17, 15) is 13.6 Å². The summed E-state index contributed by atoms with van der Waals surface area (Å²) in [5, 5.41) is 0. The van der Waals surface area contributed by atoms with Crippen LogP contribution in [0.25, 0.3) is 0 Å². The Balaban J connectivity index is 0.00000264. The van der Waals surface area contributed by atoms with Crippen molar-refractivity contribution in [2.24, 2.45) is 11.7 Å². The average Bonchev–Trinajstić information content (AvgIpc) is 2.47. The first-order valence-corrected chi connectivity index (χ1v) is 7.79. The molecule has 3 nitrogen and oxygen atoms in total. The van der Waals surface area contributed by atoms with Crippen LogP contribution in [-0.4, -0.2) is 29.4 Å². The lowest BCUT2D eigenvalue weighted by atomic mass is 9.90. The summed E-state index contributed by atoms with van der Waals surface area (Å²) in [5.74, 6) is -1.26. The van der Waals surface area contributed by atoms with Crippen LogP contribution in [0.5, 0.6) is 0 Å². The maximum atomic E-state index is 13.2. The Kier molecular flexibility index (Phi) is 6.96. The summed E-state index contributed by atoms with van der Waals surface area (Å²) >= 11 is 0. The number of aryl methyl sites for hydroxylation is 1. The maximum Gasteiger partial charge on any atom is 0.242 e. The molecule has 2 N–H and O–H groups in total. The fraction of sp³-hybridized carbons (Fsp3) is 0.588. The highest BCUT2D eigenvalue weighted by Crippen LogP contribution is 2.23. The second kappa shape index (κ2) is 8.06. The molecule has 1 aliphatic rings. The predicted molar refractivity (Wildman–Crippen MR) is 89.5 cm³/mol. The van der Waals surface area contributed by atoms with E-state index in [1.165, 1.54) is 6.07 Å². The number of nitrogens with zero attached hydrogens (tertiary/aromatic N) is 1. The van der Waals surface area contributed by atoms with E-state index >= 15 is 0 Å². The molecule has 1 atom stereocenters. The molecule has 1 fully saturated rings. The Labute approximate surface area is 142 Å². The Morgan fingerprint density at radius 2 is 2.04 bits per heavy atom. The van der Waals surface area contributed by atoms with Crippen LogP contribution in [0.15, 0.2) is 18.2 Å². The minimum atomic E-state index is -0.845. The zero-order valence-corrected chi connectivity index (χ0v) is 14.5. The van der Waals surface area contributed by atoms with E-state index < -0.39 is 17.2 Å². The zero-order chi connectivity index (χ0) is 16.3. The molecule has 1 aromatic rings. The zero-order valence-electron chi connectivity index (χ0n) is 13.6. The van der Waals surface area contributed by atoms with Gasteiger partial charge in [0.05, 0.1) is 5.54 Å². The molecule has 0 saturated carbocycles. The molecule has 6 heteroatoms. The van der Waals surface area contributed by atoms with E-state index in [-0.39, 0.29) is 18.3 Å². The number of amides is 1. The molecule has 1 saturated heterocycles. The second-order valence-corrected chi connectivity index (χ2v) is 6.77. The quantitative estimate of drug-likeness (QED) is 0.909. The number of nitrogens with two attached hydrogens (primary N) is 1. The van der Waals surface area contributed by atoms with Crippen LogP contribution in [0.1, 0.15) is 38.7 Å². The highest BCUT2D eigenvalue weighted by atomic mass is 35.5. The van der Waals surface area contributed by atoms with Crippen molar-refractivity contribution in [3.63, 3.8) is 0 Å². The van der Waals surface area contributed by atoms with Crippen molar-refractivity contribution < 1.29 is 13.6 Å². The van der Waals surface area contributed by atoms with E-state index in [4.69, 9.17) is 5.73 Å². The van der Waals surface area contributed by atoms with Gasteiger partial charge in [0, 0.05) is 13.1 Å². The van der Waals surface area contributed by atoms with Gasteiger partial charge in [-0.3, -0.25) is 4.79 Å². The highest BCUT2D eigenvalue weighted by Gasteiger charge is 2.31. The van der Waals surface area contributed by atoms with Crippen molar-refractivity contribution in [3.05, 3.63) is 35.4 Å². The smallest absolute Gasteiger partial charge is 0.242 e. The first kappa shape index (κ1) is 19.8. The van der Waals surface area contributed by atoms with Crippen molar-refractivity contribution in [3.8, 4) is 0 Å². The lowest BCUT2D eigenvalue weighted by Crippen LogP contribution is -2.53. The van der Waals surface area contributed by atoms with Gasteiger partial charge in [0.25, 0.3) is 0 Å². The molecule has 1 aliphatic heterocycles. The molecule has 0 bridgehead atoms. The third-order valence-corrected chi connectivity index (χ3v) is 4.18. The van der Waals surface area contributed by atoms with Gasteiger partial charge in [-0.1, -0.05) is 6.07 Å². The van der Waals surface area contributed by atoms with E-state index in [1.54, 1.807) is 19.9 Å². The first-order valence-electron chi connectivity index (χ1n) is 7.79. The SMILES string of the molecule is CC(C)(N)C(=O)N1CCCC(CCc2ccc(F)c(F)c2)C1.Cl. The van der Waals surface area contributed by atoms with Crippen LogP contribution >= 0.6 is 12.4 Å². The van der Waals surface area contributed by atoms with Crippen LogP contribution in [0.4, 0.5) is 8.78 Å². The molecule has 0 radical (unpaired) electrons. The summed E-state index contributed by atoms with van der Waals surface area (Å²) in [6.07, 6.45) is 3.57. The first-order chi connectivity index (χ1) is 10.3. The van der Waals surface area contributed by atoms with E-state index in [1.807, 2.05) is 4.90 Å². The number of halogens is 3. The van der Waals surface area contributed by atoms with Crippen LogP contribution in [0, 0.1) is 17.6 Å². The normalized spacial score (nSPS) is 18.5. The van der Waals surface area contributed by atoms with E-state index in [0.717, 1.165) is 37.4 Å². The fourth-order valence-electron chi connectivity index (χ4n) is 2.96. The third-order valence-electron chi connectivity index (χ3n) is 4.18. The number of rotatable bonds is 4. The van der Waals surface area contributed by atoms with Gasteiger partial charge >= 0.3 is 0 Å². The van der Waals surface area contributed by atoms with Gasteiger partial charge in [0.2, 0.25) is 5.91 Å². The summed E-state index contributed by atoms with van der Waals surface area (Å²) in [7, 11) is 0. The molecule has 0 spiro atoms. The molecular weight excluding hydrogens is 322 g/mol. The molecule has 1 aromatic carbocycles. The number of carbonyl (C=O) groups is 1. The molecule has 23 heavy (non-hydrogen) atoms. The average molecular weight is 347 g/mol. The Morgan fingerprint density at radius 1 is 1.35 bits per heavy atom.